The van der Waals surface area contributed by atoms with Crippen LogP contribution in [0.15, 0.2) is 48.1 Å². The van der Waals surface area contributed by atoms with E-state index in [1.54, 1.807) is 22.2 Å². The van der Waals surface area contributed by atoms with Crippen molar-refractivity contribution < 1.29 is 5.11 Å². The first-order chi connectivity index (χ1) is 9.72. The standard InChI is InChI=1S/C15H15N3OS/c1-18-9-12(8-16-18)14(19)7-15-17-13(10-20-15)11-5-3-2-4-6-11/h2-6,8-10,14,19H,7H2,1H3. The van der Waals surface area contributed by atoms with Crippen molar-refractivity contribution in [2.45, 2.75) is 12.5 Å². The van der Waals surface area contributed by atoms with E-state index in [0.29, 0.717) is 6.42 Å². The van der Waals surface area contributed by atoms with E-state index in [2.05, 4.69) is 10.1 Å². The number of aryl methyl sites for hydroxylation is 1. The highest BCUT2D eigenvalue weighted by molar-refractivity contribution is 7.09. The van der Waals surface area contributed by atoms with Crippen molar-refractivity contribution in [1.29, 1.82) is 0 Å². The Kier molecular flexibility index (Phi) is 3.62. The molecule has 0 aliphatic rings. The van der Waals surface area contributed by atoms with Crippen LogP contribution in [0.3, 0.4) is 0 Å². The van der Waals surface area contributed by atoms with Gasteiger partial charge in [-0.25, -0.2) is 4.98 Å². The van der Waals surface area contributed by atoms with Gasteiger partial charge in [-0.05, 0) is 0 Å². The van der Waals surface area contributed by atoms with Crippen LogP contribution in [-0.2, 0) is 13.5 Å². The second-order valence-corrected chi connectivity index (χ2v) is 5.60. The predicted molar refractivity (Wildman–Crippen MR) is 79.4 cm³/mol. The Hall–Kier alpha value is -1.98. The number of rotatable bonds is 4. The maximum absolute atomic E-state index is 10.2. The molecule has 3 rings (SSSR count). The Morgan fingerprint density at radius 1 is 1.30 bits per heavy atom. The summed E-state index contributed by atoms with van der Waals surface area (Å²) in [5.74, 6) is 0. The van der Waals surface area contributed by atoms with Gasteiger partial charge in [-0.1, -0.05) is 30.3 Å². The summed E-state index contributed by atoms with van der Waals surface area (Å²) in [4.78, 5) is 4.58. The van der Waals surface area contributed by atoms with E-state index >= 15 is 0 Å². The molecule has 1 N–H and O–H groups in total. The molecule has 1 unspecified atom stereocenters. The molecule has 0 spiro atoms. The fourth-order valence-corrected chi connectivity index (χ4v) is 2.88. The van der Waals surface area contributed by atoms with Crippen LogP contribution in [0, 0.1) is 0 Å². The third-order valence-corrected chi connectivity index (χ3v) is 3.97. The molecule has 0 aliphatic heterocycles. The molecule has 0 fully saturated rings. The zero-order valence-electron chi connectivity index (χ0n) is 11.1. The minimum Gasteiger partial charge on any atom is -0.388 e. The van der Waals surface area contributed by atoms with Gasteiger partial charge in [-0.15, -0.1) is 11.3 Å². The monoisotopic (exact) mass is 285 g/mol. The SMILES string of the molecule is Cn1cc(C(O)Cc2nc(-c3ccccc3)cs2)cn1. The zero-order valence-corrected chi connectivity index (χ0v) is 11.9. The lowest BCUT2D eigenvalue weighted by atomic mass is 10.1. The van der Waals surface area contributed by atoms with Crippen LogP contribution in [-0.4, -0.2) is 19.9 Å². The third kappa shape index (κ3) is 2.79. The molecular weight excluding hydrogens is 270 g/mol. The summed E-state index contributed by atoms with van der Waals surface area (Å²) in [6.07, 6.45) is 3.48. The van der Waals surface area contributed by atoms with Crippen molar-refractivity contribution in [3.05, 3.63) is 58.7 Å². The molecule has 1 atom stereocenters. The van der Waals surface area contributed by atoms with Gasteiger partial charge in [-0.3, -0.25) is 4.68 Å². The molecule has 20 heavy (non-hydrogen) atoms. The average molecular weight is 285 g/mol. The molecule has 2 aromatic heterocycles. The van der Waals surface area contributed by atoms with Crippen LogP contribution in [0.25, 0.3) is 11.3 Å². The van der Waals surface area contributed by atoms with Gasteiger partial charge in [0, 0.05) is 36.2 Å². The lowest BCUT2D eigenvalue weighted by Crippen LogP contribution is -2.00. The van der Waals surface area contributed by atoms with Crippen LogP contribution >= 0.6 is 11.3 Å². The van der Waals surface area contributed by atoms with Gasteiger partial charge in [-0.2, -0.15) is 5.10 Å². The minimum absolute atomic E-state index is 0.517. The van der Waals surface area contributed by atoms with Crippen molar-refractivity contribution in [1.82, 2.24) is 14.8 Å². The van der Waals surface area contributed by atoms with Crippen molar-refractivity contribution in [3.8, 4) is 11.3 Å². The van der Waals surface area contributed by atoms with Crippen molar-refractivity contribution in [3.63, 3.8) is 0 Å². The Morgan fingerprint density at radius 3 is 2.80 bits per heavy atom. The first-order valence-corrected chi connectivity index (χ1v) is 7.27. The lowest BCUT2D eigenvalue weighted by Gasteiger charge is -2.05. The van der Waals surface area contributed by atoms with Gasteiger partial charge in [0.2, 0.25) is 0 Å². The van der Waals surface area contributed by atoms with Crippen molar-refractivity contribution >= 4 is 11.3 Å². The number of hydrogen-bond acceptors (Lipinski definition) is 4. The first-order valence-electron chi connectivity index (χ1n) is 6.39. The molecule has 3 aromatic rings. The Morgan fingerprint density at radius 2 is 2.10 bits per heavy atom. The number of benzene rings is 1. The van der Waals surface area contributed by atoms with Gasteiger partial charge in [0.15, 0.2) is 0 Å². The van der Waals surface area contributed by atoms with E-state index in [9.17, 15) is 5.11 Å². The summed E-state index contributed by atoms with van der Waals surface area (Å²) in [6, 6.07) is 10.1. The van der Waals surface area contributed by atoms with Crippen LogP contribution < -0.4 is 0 Å². The second-order valence-electron chi connectivity index (χ2n) is 4.66. The molecule has 0 amide bonds. The maximum atomic E-state index is 10.2. The van der Waals surface area contributed by atoms with Gasteiger partial charge in [0.25, 0.3) is 0 Å². The molecule has 0 saturated carbocycles. The van der Waals surface area contributed by atoms with E-state index in [-0.39, 0.29) is 0 Å². The highest BCUT2D eigenvalue weighted by Crippen LogP contribution is 2.25. The average Bonchev–Trinajstić information content (AvgIpc) is 3.09. The summed E-state index contributed by atoms with van der Waals surface area (Å²) in [5.41, 5.74) is 2.89. The van der Waals surface area contributed by atoms with E-state index in [1.807, 2.05) is 49.0 Å². The van der Waals surface area contributed by atoms with Gasteiger partial charge in [0.05, 0.1) is 23.0 Å². The van der Waals surface area contributed by atoms with Gasteiger partial charge < -0.3 is 5.11 Å². The van der Waals surface area contributed by atoms with E-state index in [1.165, 1.54) is 0 Å². The summed E-state index contributed by atoms with van der Waals surface area (Å²) < 4.78 is 1.69. The Bertz CT molecular complexity index is 690. The smallest absolute Gasteiger partial charge is 0.0961 e. The van der Waals surface area contributed by atoms with Crippen LogP contribution in [0.1, 0.15) is 16.7 Å². The van der Waals surface area contributed by atoms with Crippen LogP contribution in [0.2, 0.25) is 0 Å². The van der Waals surface area contributed by atoms with Crippen molar-refractivity contribution in [2.24, 2.45) is 7.05 Å². The molecule has 5 heteroatoms. The Labute approximate surface area is 121 Å². The summed E-state index contributed by atoms with van der Waals surface area (Å²) >= 11 is 1.58. The largest absolute Gasteiger partial charge is 0.388 e. The molecule has 102 valence electrons. The third-order valence-electron chi connectivity index (χ3n) is 3.10. The fraction of sp³-hybridized carbons (Fsp3) is 0.200. The summed E-state index contributed by atoms with van der Waals surface area (Å²) in [5, 5.41) is 17.2. The highest BCUT2D eigenvalue weighted by Gasteiger charge is 2.13. The first kappa shape index (κ1) is 13.0. The normalized spacial score (nSPS) is 12.5. The lowest BCUT2D eigenvalue weighted by molar-refractivity contribution is 0.178. The van der Waals surface area contributed by atoms with Crippen molar-refractivity contribution in [2.75, 3.05) is 0 Å². The van der Waals surface area contributed by atoms with Crippen LogP contribution in [0.5, 0.6) is 0 Å². The number of aromatic nitrogens is 3. The molecular formula is C15H15N3OS. The predicted octanol–water partition coefficient (Wildman–Crippen LogP) is 2.82. The fourth-order valence-electron chi connectivity index (χ4n) is 2.04. The Balaban J connectivity index is 1.74. The minimum atomic E-state index is -0.557. The molecule has 2 heterocycles. The molecule has 0 aliphatic carbocycles. The number of aliphatic hydroxyl groups excluding tert-OH is 1. The molecule has 1 aromatic carbocycles. The summed E-state index contributed by atoms with van der Waals surface area (Å²) in [7, 11) is 1.84. The van der Waals surface area contributed by atoms with Crippen LogP contribution in [0.4, 0.5) is 0 Å². The van der Waals surface area contributed by atoms with Gasteiger partial charge >= 0.3 is 0 Å². The molecule has 0 saturated heterocycles. The van der Waals surface area contributed by atoms with E-state index < -0.39 is 6.10 Å². The maximum Gasteiger partial charge on any atom is 0.0961 e. The number of nitrogens with zero attached hydrogens (tertiary/aromatic N) is 3. The number of hydrogen-bond donors (Lipinski definition) is 1. The number of aliphatic hydroxyl groups is 1. The zero-order chi connectivity index (χ0) is 13.9. The molecule has 0 bridgehead atoms. The van der Waals surface area contributed by atoms with Gasteiger partial charge in [0.1, 0.15) is 0 Å². The highest BCUT2D eigenvalue weighted by atomic mass is 32.1. The van der Waals surface area contributed by atoms with E-state index in [0.717, 1.165) is 21.8 Å². The molecule has 4 nitrogen and oxygen atoms in total. The number of thiazole rings is 1. The molecule has 0 radical (unpaired) electrons. The quantitative estimate of drug-likeness (QED) is 0.802. The summed E-state index contributed by atoms with van der Waals surface area (Å²) in [6.45, 7) is 0. The topological polar surface area (TPSA) is 50.9 Å². The van der Waals surface area contributed by atoms with E-state index in [4.69, 9.17) is 0 Å². The second kappa shape index (κ2) is 5.56.